The van der Waals surface area contributed by atoms with Gasteiger partial charge in [0.1, 0.15) is 5.82 Å². The number of ether oxygens (including phenoxy) is 1. The van der Waals surface area contributed by atoms with E-state index in [9.17, 15) is 5.11 Å². The molecule has 21 heavy (non-hydrogen) atoms. The van der Waals surface area contributed by atoms with Crippen LogP contribution < -0.4 is 10.2 Å². The standard InChI is InChI=1S/C16H27N3O2/c1-13-9-14(10-17-6-8-21-3)11-18-15(13)19-7-4-5-16(2,20)12-19/h9,11,17,20H,4-8,10,12H2,1-3H3. The molecule has 1 saturated heterocycles. The molecule has 118 valence electrons. The molecule has 1 fully saturated rings. The Hall–Kier alpha value is -1.17. The molecule has 2 heterocycles. The van der Waals surface area contributed by atoms with E-state index < -0.39 is 5.60 Å². The van der Waals surface area contributed by atoms with Crippen molar-refractivity contribution in [1.29, 1.82) is 0 Å². The molecule has 0 bridgehead atoms. The second-order valence-electron chi connectivity index (χ2n) is 6.18. The van der Waals surface area contributed by atoms with Crippen molar-refractivity contribution in [3.63, 3.8) is 0 Å². The lowest BCUT2D eigenvalue weighted by molar-refractivity contribution is 0.0447. The minimum absolute atomic E-state index is 0.604. The Kier molecular flexibility index (Phi) is 5.56. The number of methoxy groups -OCH3 is 1. The Morgan fingerprint density at radius 1 is 1.52 bits per heavy atom. The average molecular weight is 293 g/mol. The normalized spacial score (nSPS) is 22.6. The van der Waals surface area contributed by atoms with Crippen LogP contribution in [0.2, 0.25) is 0 Å². The third-order valence-electron chi connectivity index (χ3n) is 3.89. The van der Waals surface area contributed by atoms with Gasteiger partial charge in [-0.05, 0) is 43.9 Å². The maximum Gasteiger partial charge on any atom is 0.131 e. The second-order valence-corrected chi connectivity index (χ2v) is 6.18. The fraction of sp³-hybridized carbons (Fsp3) is 0.688. The first-order valence-corrected chi connectivity index (χ1v) is 7.64. The van der Waals surface area contributed by atoms with Crippen LogP contribution in [0.5, 0.6) is 0 Å². The van der Waals surface area contributed by atoms with E-state index in [1.165, 1.54) is 11.1 Å². The summed E-state index contributed by atoms with van der Waals surface area (Å²) in [5, 5.41) is 13.6. The van der Waals surface area contributed by atoms with E-state index in [0.717, 1.165) is 38.3 Å². The van der Waals surface area contributed by atoms with Crippen molar-refractivity contribution in [2.75, 3.05) is 38.3 Å². The highest BCUT2D eigenvalue weighted by molar-refractivity contribution is 5.48. The molecule has 1 atom stereocenters. The van der Waals surface area contributed by atoms with Gasteiger partial charge in [0.15, 0.2) is 0 Å². The van der Waals surface area contributed by atoms with Crippen molar-refractivity contribution in [2.24, 2.45) is 0 Å². The first kappa shape index (κ1) is 16.2. The fourth-order valence-electron chi connectivity index (χ4n) is 2.86. The van der Waals surface area contributed by atoms with E-state index in [-0.39, 0.29) is 0 Å². The molecule has 1 aromatic rings. The molecular weight excluding hydrogens is 266 g/mol. The largest absolute Gasteiger partial charge is 0.388 e. The van der Waals surface area contributed by atoms with Crippen LogP contribution in [0.1, 0.15) is 30.9 Å². The SMILES string of the molecule is COCCNCc1cnc(N2CCCC(C)(O)C2)c(C)c1. The summed E-state index contributed by atoms with van der Waals surface area (Å²) in [5.74, 6) is 0.996. The van der Waals surface area contributed by atoms with Gasteiger partial charge in [-0.3, -0.25) is 0 Å². The molecule has 0 radical (unpaired) electrons. The number of rotatable bonds is 6. The zero-order chi connectivity index (χ0) is 15.3. The molecule has 0 saturated carbocycles. The van der Waals surface area contributed by atoms with Gasteiger partial charge < -0.3 is 20.1 Å². The number of aryl methyl sites for hydroxylation is 1. The molecule has 5 heteroatoms. The Morgan fingerprint density at radius 3 is 3.00 bits per heavy atom. The minimum atomic E-state index is -0.604. The zero-order valence-corrected chi connectivity index (χ0v) is 13.4. The molecule has 0 aromatic carbocycles. The smallest absolute Gasteiger partial charge is 0.131 e. The highest BCUT2D eigenvalue weighted by atomic mass is 16.5. The predicted octanol–water partition coefficient (Wildman–Crippen LogP) is 1.48. The number of pyridine rings is 1. The van der Waals surface area contributed by atoms with Gasteiger partial charge >= 0.3 is 0 Å². The van der Waals surface area contributed by atoms with Gasteiger partial charge in [0.2, 0.25) is 0 Å². The summed E-state index contributed by atoms with van der Waals surface area (Å²) in [6, 6.07) is 2.17. The fourth-order valence-corrected chi connectivity index (χ4v) is 2.86. The number of hydrogen-bond acceptors (Lipinski definition) is 5. The minimum Gasteiger partial charge on any atom is -0.388 e. The van der Waals surface area contributed by atoms with Crippen LogP contribution in [0.15, 0.2) is 12.3 Å². The van der Waals surface area contributed by atoms with Crippen LogP contribution in [0.25, 0.3) is 0 Å². The number of aliphatic hydroxyl groups is 1. The number of β-amino-alcohol motifs (C(OH)–C–C–N with tert-alkyl or cyclic N) is 1. The van der Waals surface area contributed by atoms with Crippen molar-refractivity contribution in [3.8, 4) is 0 Å². The molecule has 2 N–H and O–H groups in total. The van der Waals surface area contributed by atoms with Gasteiger partial charge in [-0.25, -0.2) is 4.98 Å². The van der Waals surface area contributed by atoms with Crippen molar-refractivity contribution < 1.29 is 9.84 Å². The quantitative estimate of drug-likeness (QED) is 0.778. The summed E-state index contributed by atoms with van der Waals surface area (Å²) < 4.78 is 5.01. The van der Waals surface area contributed by atoms with Gasteiger partial charge in [0, 0.05) is 39.5 Å². The van der Waals surface area contributed by atoms with Crippen molar-refractivity contribution in [3.05, 3.63) is 23.4 Å². The van der Waals surface area contributed by atoms with Gasteiger partial charge in [-0.2, -0.15) is 0 Å². The number of nitrogens with one attached hydrogen (secondary N) is 1. The van der Waals surface area contributed by atoms with Gasteiger partial charge in [0.05, 0.1) is 12.2 Å². The predicted molar refractivity (Wildman–Crippen MR) is 84.6 cm³/mol. The lowest BCUT2D eigenvalue weighted by Crippen LogP contribution is -2.46. The number of anilines is 1. The topological polar surface area (TPSA) is 57.6 Å². The van der Waals surface area contributed by atoms with E-state index >= 15 is 0 Å². The van der Waals surface area contributed by atoms with Gasteiger partial charge in [0.25, 0.3) is 0 Å². The van der Waals surface area contributed by atoms with Crippen molar-refractivity contribution >= 4 is 5.82 Å². The number of aromatic nitrogens is 1. The summed E-state index contributed by atoms with van der Waals surface area (Å²) in [4.78, 5) is 6.81. The maximum atomic E-state index is 10.2. The second kappa shape index (κ2) is 7.20. The molecule has 1 aromatic heterocycles. The molecule has 5 nitrogen and oxygen atoms in total. The maximum absolute atomic E-state index is 10.2. The van der Waals surface area contributed by atoms with E-state index in [0.29, 0.717) is 13.2 Å². The van der Waals surface area contributed by atoms with Crippen LogP contribution in [0, 0.1) is 6.92 Å². The number of hydrogen-bond donors (Lipinski definition) is 2. The summed E-state index contributed by atoms with van der Waals surface area (Å²) in [7, 11) is 1.70. The van der Waals surface area contributed by atoms with Crippen LogP contribution in [0.4, 0.5) is 5.82 Å². The third kappa shape index (κ3) is 4.66. The van der Waals surface area contributed by atoms with Crippen molar-refractivity contribution in [1.82, 2.24) is 10.3 Å². The summed E-state index contributed by atoms with van der Waals surface area (Å²) in [6.07, 6.45) is 3.80. The number of piperidine rings is 1. The lowest BCUT2D eigenvalue weighted by Gasteiger charge is -2.38. The number of nitrogens with zero attached hydrogens (tertiary/aromatic N) is 2. The Balaban J connectivity index is 1.98. The van der Waals surface area contributed by atoms with Crippen molar-refractivity contribution in [2.45, 2.75) is 38.8 Å². The van der Waals surface area contributed by atoms with E-state index in [1.54, 1.807) is 7.11 Å². The van der Waals surface area contributed by atoms with Gasteiger partial charge in [-0.15, -0.1) is 0 Å². The van der Waals surface area contributed by atoms with Crippen LogP contribution in [0.3, 0.4) is 0 Å². The molecule has 1 aliphatic heterocycles. The van der Waals surface area contributed by atoms with Gasteiger partial charge in [-0.1, -0.05) is 0 Å². The highest BCUT2D eigenvalue weighted by Crippen LogP contribution is 2.26. The Bertz CT molecular complexity index is 463. The third-order valence-corrected chi connectivity index (χ3v) is 3.89. The first-order chi connectivity index (χ1) is 10.0. The van der Waals surface area contributed by atoms with E-state index in [2.05, 4.69) is 28.2 Å². The molecular formula is C16H27N3O2. The van der Waals surface area contributed by atoms with Crippen LogP contribution in [-0.4, -0.2) is 49.0 Å². The molecule has 1 aliphatic rings. The highest BCUT2D eigenvalue weighted by Gasteiger charge is 2.29. The summed E-state index contributed by atoms with van der Waals surface area (Å²) in [6.45, 7) is 7.98. The molecule has 0 amide bonds. The molecule has 0 aliphatic carbocycles. The summed E-state index contributed by atoms with van der Waals surface area (Å²) in [5.41, 5.74) is 1.74. The molecule has 2 rings (SSSR count). The summed E-state index contributed by atoms with van der Waals surface area (Å²) >= 11 is 0. The zero-order valence-electron chi connectivity index (χ0n) is 13.4. The Labute approximate surface area is 127 Å². The van der Waals surface area contributed by atoms with Crippen LogP contribution in [-0.2, 0) is 11.3 Å². The average Bonchev–Trinajstić information content (AvgIpc) is 2.42. The van der Waals surface area contributed by atoms with E-state index in [4.69, 9.17) is 4.74 Å². The monoisotopic (exact) mass is 293 g/mol. The molecule has 0 spiro atoms. The molecule has 1 unspecified atom stereocenters. The Morgan fingerprint density at radius 2 is 2.33 bits per heavy atom. The first-order valence-electron chi connectivity index (χ1n) is 7.64. The van der Waals surface area contributed by atoms with E-state index in [1.807, 2.05) is 13.1 Å². The lowest BCUT2D eigenvalue weighted by atomic mass is 9.95. The van der Waals surface area contributed by atoms with Crippen LogP contribution >= 0.6 is 0 Å².